The molecule has 35 valence electrons. The molecule has 2 heteroatoms. The van der Waals surface area contributed by atoms with Gasteiger partial charge in [0.25, 0.3) is 0 Å². The molecule has 0 saturated heterocycles. The Kier molecular flexibility index (Phi) is 11.0. The summed E-state index contributed by atoms with van der Waals surface area (Å²) in [7, 11) is 0. The van der Waals surface area contributed by atoms with Crippen LogP contribution in [0.2, 0.25) is 4.51 Å². The van der Waals surface area contributed by atoms with Gasteiger partial charge in [-0.25, -0.2) is 0 Å². The smallest absolute Gasteiger partial charge is 0.107 e. The fraction of sp³-hybridized carbons (Fsp3) is 1.00. The van der Waals surface area contributed by atoms with Crippen LogP contribution >= 0.6 is 24.0 Å². The summed E-state index contributed by atoms with van der Waals surface area (Å²) in [5.74, 6) is 0. The normalized spacial score (nSPS) is 12.7. The van der Waals surface area contributed by atoms with Crippen molar-refractivity contribution < 1.29 is 18.3 Å². The quantitative estimate of drug-likeness (QED) is 0.495. The molecular formula is C4H10IZn. The monoisotopic (exact) mass is 249 g/mol. The minimum absolute atomic E-state index is 0. The van der Waals surface area contributed by atoms with E-state index in [2.05, 4.69) is 13.8 Å². The van der Waals surface area contributed by atoms with E-state index >= 15 is 0 Å². The van der Waals surface area contributed by atoms with Crippen LogP contribution in [0.1, 0.15) is 20.3 Å². The molecule has 0 aromatic heterocycles. The van der Waals surface area contributed by atoms with Crippen molar-refractivity contribution in [1.82, 2.24) is 0 Å². The van der Waals surface area contributed by atoms with Crippen LogP contribution in [-0.2, 0) is 18.3 Å². The number of rotatable bonds is 1. The zero-order valence-electron chi connectivity index (χ0n) is 4.40. The van der Waals surface area contributed by atoms with Gasteiger partial charge in [0.15, 0.2) is 0 Å². The van der Waals surface area contributed by atoms with Crippen molar-refractivity contribution in [3.8, 4) is 0 Å². The molecule has 0 aromatic carbocycles. The molecule has 0 spiro atoms. The molecule has 0 rings (SSSR count). The van der Waals surface area contributed by atoms with Crippen molar-refractivity contribution in [2.75, 3.05) is 0 Å². The second-order valence-corrected chi connectivity index (χ2v) is 4.44. The van der Waals surface area contributed by atoms with E-state index in [1.54, 1.807) is 0 Å². The largest absolute Gasteiger partial charge is 0.107 e. The fourth-order valence-electron chi connectivity index (χ4n) is 0. The Morgan fingerprint density at radius 2 is 1.83 bits per heavy atom. The van der Waals surface area contributed by atoms with Gasteiger partial charge in [0.1, 0.15) is 0 Å². The van der Waals surface area contributed by atoms with E-state index in [9.17, 15) is 0 Å². The van der Waals surface area contributed by atoms with Crippen molar-refractivity contribution in [3.05, 3.63) is 0 Å². The summed E-state index contributed by atoms with van der Waals surface area (Å²) in [4.78, 5) is 0. The summed E-state index contributed by atoms with van der Waals surface area (Å²) < 4.78 is 1.01. The van der Waals surface area contributed by atoms with Gasteiger partial charge in [-0.3, -0.25) is 0 Å². The zero-order chi connectivity index (χ0) is 4.28. The minimum Gasteiger partial charge on any atom is -0.107 e. The van der Waals surface area contributed by atoms with Gasteiger partial charge < -0.3 is 0 Å². The van der Waals surface area contributed by atoms with E-state index in [0.29, 0.717) is 0 Å². The van der Waals surface area contributed by atoms with E-state index in [4.69, 9.17) is 0 Å². The average molecular weight is 250 g/mol. The first kappa shape index (κ1) is 10.4. The molecule has 1 atom stereocenters. The molecule has 0 saturated carbocycles. The third-order valence-corrected chi connectivity index (χ3v) is 1.91. The molecule has 0 aliphatic heterocycles. The fourth-order valence-corrected chi connectivity index (χ4v) is 0. The number of hydrogen-bond donors (Lipinski definition) is 0. The molecule has 0 aromatic rings. The maximum atomic E-state index is 2.28. The van der Waals surface area contributed by atoms with Crippen LogP contribution in [0.3, 0.4) is 0 Å². The van der Waals surface area contributed by atoms with Crippen molar-refractivity contribution >= 4 is 24.0 Å². The van der Waals surface area contributed by atoms with Gasteiger partial charge in [-0.2, -0.15) is 0 Å². The SMILES string of the molecule is CC[CH](C)[Zn].I. The van der Waals surface area contributed by atoms with E-state index in [1.807, 2.05) is 0 Å². The molecule has 0 aliphatic rings. The molecule has 0 bridgehead atoms. The van der Waals surface area contributed by atoms with Crippen LogP contribution in [0.25, 0.3) is 0 Å². The second-order valence-electron chi connectivity index (χ2n) is 1.51. The molecule has 0 radical (unpaired) electrons. The first-order valence-corrected chi connectivity index (χ1v) is 3.81. The molecule has 1 unspecified atom stereocenters. The molecule has 6 heavy (non-hydrogen) atoms. The molecular weight excluding hydrogens is 240 g/mol. The Hall–Kier alpha value is 1.35. The summed E-state index contributed by atoms with van der Waals surface area (Å²) in [5, 5.41) is 0. The Balaban J connectivity index is 0. The first-order chi connectivity index (χ1) is 2.27. The Bertz CT molecular complexity index is 21.5. The molecule has 0 N–H and O–H groups in total. The van der Waals surface area contributed by atoms with Crippen LogP contribution in [0, 0.1) is 0 Å². The van der Waals surface area contributed by atoms with Gasteiger partial charge in [0.2, 0.25) is 0 Å². The minimum atomic E-state index is 0. The average Bonchev–Trinajstić information content (AvgIpc) is 1.38. The van der Waals surface area contributed by atoms with Gasteiger partial charge in [-0.05, 0) is 0 Å². The predicted molar refractivity (Wildman–Crippen MR) is 35.1 cm³/mol. The molecule has 0 fully saturated rings. The molecule has 0 nitrogen and oxygen atoms in total. The predicted octanol–water partition coefficient (Wildman–Crippen LogP) is 2.37. The molecule has 0 amide bonds. The van der Waals surface area contributed by atoms with E-state index in [-0.39, 0.29) is 24.0 Å². The van der Waals surface area contributed by atoms with Gasteiger partial charge in [-0.1, -0.05) is 0 Å². The third kappa shape index (κ3) is 9.02. The topological polar surface area (TPSA) is 0 Å². The second kappa shape index (κ2) is 6.35. The number of halogens is 1. The zero-order valence-corrected chi connectivity index (χ0v) is 9.70. The summed E-state index contributed by atoms with van der Waals surface area (Å²) in [6, 6.07) is 0. The van der Waals surface area contributed by atoms with Crippen LogP contribution < -0.4 is 0 Å². The summed E-state index contributed by atoms with van der Waals surface area (Å²) in [6.07, 6.45) is 1.36. The summed E-state index contributed by atoms with van der Waals surface area (Å²) in [6.45, 7) is 4.51. The summed E-state index contributed by atoms with van der Waals surface area (Å²) >= 11 is 1.45. The van der Waals surface area contributed by atoms with Crippen molar-refractivity contribution in [2.45, 2.75) is 24.8 Å². The van der Waals surface area contributed by atoms with Crippen molar-refractivity contribution in [1.29, 1.82) is 0 Å². The maximum absolute atomic E-state index is 2.28. The van der Waals surface area contributed by atoms with Crippen LogP contribution in [-0.4, -0.2) is 0 Å². The van der Waals surface area contributed by atoms with E-state index < -0.39 is 0 Å². The third-order valence-electron chi connectivity index (χ3n) is 0.697. The van der Waals surface area contributed by atoms with Crippen molar-refractivity contribution in [2.24, 2.45) is 0 Å². The van der Waals surface area contributed by atoms with Crippen LogP contribution in [0.4, 0.5) is 0 Å². The van der Waals surface area contributed by atoms with Gasteiger partial charge in [0.05, 0.1) is 0 Å². The molecule has 0 heterocycles. The van der Waals surface area contributed by atoms with E-state index in [1.165, 1.54) is 24.7 Å². The van der Waals surface area contributed by atoms with Crippen LogP contribution in [0.5, 0.6) is 0 Å². The van der Waals surface area contributed by atoms with Gasteiger partial charge >= 0.3 is 43.1 Å². The maximum Gasteiger partial charge on any atom is -0.107 e. The Morgan fingerprint density at radius 3 is 1.83 bits per heavy atom. The standard InChI is InChI=1S/C4H9.HI.Zn/c1-3-4-2;;/h3H,4H2,1-2H3;1H;. The van der Waals surface area contributed by atoms with E-state index in [0.717, 1.165) is 4.51 Å². The Morgan fingerprint density at radius 1 is 1.67 bits per heavy atom. The van der Waals surface area contributed by atoms with Crippen LogP contribution in [0.15, 0.2) is 0 Å². The first-order valence-electron chi connectivity index (χ1n) is 2.10. The number of hydrogen-bond acceptors (Lipinski definition) is 0. The van der Waals surface area contributed by atoms with Crippen molar-refractivity contribution in [3.63, 3.8) is 0 Å². The molecule has 0 aliphatic carbocycles. The van der Waals surface area contributed by atoms with Gasteiger partial charge in [-0.15, -0.1) is 24.0 Å². The summed E-state index contributed by atoms with van der Waals surface area (Å²) in [5.41, 5.74) is 0. The van der Waals surface area contributed by atoms with Gasteiger partial charge in [0, 0.05) is 0 Å². The Labute approximate surface area is 66.8 Å².